The Morgan fingerprint density at radius 2 is 2.28 bits per heavy atom. The molecule has 0 spiro atoms. The van der Waals surface area contributed by atoms with E-state index in [1.165, 1.54) is 6.33 Å². The van der Waals surface area contributed by atoms with Crippen LogP contribution in [0.1, 0.15) is 19.2 Å². The molecule has 0 fully saturated rings. The van der Waals surface area contributed by atoms with Crippen molar-refractivity contribution in [3.05, 3.63) is 34.8 Å². The van der Waals surface area contributed by atoms with Gasteiger partial charge in [0.2, 0.25) is 0 Å². The molecule has 6 heteroatoms. The highest BCUT2D eigenvalue weighted by Gasteiger charge is 2.08. The van der Waals surface area contributed by atoms with Gasteiger partial charge in [0.15, 0.2) is 11.6 Å². The molecule has 0 bridgehead atoms. The second-order valence-corrected chi connectivity index (χ2v) is 4.70. The molecule has 1 heterocycles. The van der Waals surface area contributed by atoms with Crippen LogP contribution in [0.15, 0.2) is 29.0 Å². The topological polar surface area (TPSA) is 66.0 Å². The van der Waals surface area contributed by atoms with Gasteiger partial charge in [-0.25, -0.2) is 9.67 Å². The highest BCUT2D eigenvalue weighted by molar-refractivity contribution is 9.10. The summed E-state index contributed by atoms with van der Waals surface area (Å²) in [4.78, 5) is 4.18. The van der Waals surface area contributed by atoms with E-state index in [2.05, 4.69) is 32.9 Å². The predicted molar refractivity (Wildman–Crippen MR) is 73.2 cm³/mol. The lowest BCUT2D eigenvalue weighted by Crippen LogP contribution is -2.09. The lowest BCUT2D eigenvalue weighted by molar-refractivity contribution is 0.286. The summed E-state index contributed by atoms with van der Waals surface area (Å²) in [7, 11) is 0. The van der Waals surface area contributed by atoms with Gasteiger partial charge in [-0.2, -0.15) is 5.10 Å². The van der Waals surface area contributed by atoms with Gasteiger partial charge >= 0.3 is 0 Å². The number of anilines is 1. The van der Waals surface area contributed by atoms with Crippen LogP contribution in [0.2, 0.25) is 0 Å². The molecule has 0 saturated carbocycles. The number of para-hydroxylation sites is 1. The van der Waals surface area contributed by atoms with Crippen LogP contribution in [-0.4, -0.2) is 14.8 Å². The van der Waals surface area contributed by atoms with Gasteiger partial charge in [0.05, 0.1) is 10.2 Å². The molecule has 0 aliphatic heterocycles. The van der Waals surface area contributed by atoms with Gasteiger partial charge in [0.1, 0.15) is 12.9 Å². The summed E-state index contributed by atoms with van der Waals surface area (Å²) in [6, 6.07) is 5.56. The van der Waals surface area contributed by atoms with E-state index in [0.29, 0.717) is 18.0 Å². The Morgan fingerprint density at radius 1 is 1.44 bits per heavy atom. The number of nitrogens with zero attached hydrogens (tertiary/aromatic N) is 3. The van der Waals surface area contributed by atoms with Crippen molar-refractivity contribution < 1.29 is 4.74 Å². The number of halogens is 1. The monoisotopic (exact) mass is 310 g/mol. The maximum atomic E-state index is 5.86. The van der Waals surface area contributed by atoms with Gasteiger partial charge < -0.3 is 10.5 Å². The Balaban J connectivity index is 2.09. The number of aromatic nitrogens is 3. The number of benzene rings is 1. The van der Waals surface area contributed by atoms with Crippen LogP contribution in [0.3, 0.4) is 0 Å². The number of hydrogen-bond acceptors (Lipinski definition) is 4. The number of aryl methyl sites for hydroxylation is 1. The largest absolute Gasteiger partial charge is 0.482 e. The molecule has 0 amide bonds. The van der Waals surface area contributed by atoms with Crippen molar-refractivity contribution in [2.45, 2.75) is 26.5 Å². The van der Waals surface area contributed by atoms with E-state index in [9.17, 15) is 0 Å². The number of nitrogen functional groups attached to an aromatic ring is 1. The number of hydrogen-bond donors (Lipinski definition) is 1. The highest BCUT2D eigenvalue weighted by atomic mass is 79.9. The van der Waals surface area contributed by atoms with Gasteiger partial charge in [0.25, 0.3) is 0 Å². The van der Waals surface area contributed by atoms with Crippen LogP contribution < -0.4 is 10.5 Å². The first-order chi connectivity index (χ1) is 8.72. The van der Waals surface area contributed by atoms with E-state index < -0.39 is 0 Å². The minimum atomic E-state index is 0.354. The van der Waals surface area contributed by atoms with Crippen molar-refractivity contribution in [1.29, 1.82) is 0 Å². The molecule has 0 atom stereocenters. The average Bonchev–Trinajstić information content (AvgIpc) is 2.77. The van der Waals surface area contributed by atoms with Crippen LogP contribution >= 0.6 is 15.9 Å². The Labute approximate surface area is 114 Å². The summed E-state index contributed by atoms with van der Waals surface area (Å²) in [6.45, 7) is 3.29. The summed E-state index contributed by atoms with van der Waals surface area (Å²) in [6.07, 6.45) is 2.55. The van der Waals surface area contributed by atoms with E-state index in [-0.39, 0.29) is 0 Å². The van der Waals surface area contributed by atoms with Gasteiger partial charge in [-0.15, -0.1) is 0 Å². The Kier molecular flexibility index (Phi) is 4.19. The fourth-order valence-electron chi connectivity index (χ4n) is 1.61. The molecule has 2 rings (SSSR count). The molecule has 2 N–H and O–H groups in total. The second-order valence-electron chi connectivity index (χ2n) is 3.85. The zero-order valence-electron chi connectivity index (χ0n) is 10.1. The SMILES string of the molecule is CCCn1ncnc1COc1c(N)cccc1Br. The molecule has 0 aliphatic carbocycles. The molecule has 2 aromatic rings. The smallest absolute Gasteiger partial charge is 0.164 e. The lowest BCUT2D eigenvalue weighted by atomic mass is 10.3. The van der Waals surface area contributed by atoms with E-state index >= 15 is 0 Å². The minimum absolute atomic E-state index is 0.354. The molecular formula is C12H15BrN4O. The summed E-state index contributed by atoms with van der Waals surface area (Å²) >= 11 is 3.41. The van der Waals surface area contributed by atoms with Crippen molar-refractivity contribution in [1.82, 2.24) is 14.8 Å². The molecule has 0 unspecified atom stereocenters. The van der Waals surface area contributed by atoms with Gasteiger partial charge in [-0.1, -0.05) is 13.0 Å². The van der Waals surface area contributed by atoms with Crippen LogP contribution in [0, 0.1) is 0 Å². The zero-order chi connectivity index (χ0) is 13.0. The summed E-state index contributed by atoms with van der Waals surface area (Å²) < 4.78 is 8.38. The van der Waals surface area contributed by atoms with Crippen molar-refractivity contribution in [3.63, 3.8) is 0 Å². The van der Waals surface area contributed by atoms with E-state index in [1.807, 2.05) is 16.8 Å². The fourth-order valence-corrected chi connectivity index (χ4v) is 2.11. The maximum Gasteiger partial charge on any atom is 0.164 e. The quantitative estimate of drug-likeness (QED) is 0.862. The van der Waals surface area contributed by atoms with Crippen LogP contribution in [-0.2, 0) is 13.2 Å². The first-order valence-corrected chi connectivity index (χ1v) is 6.55. The normalized spacial score (nSPS) is 10.6. The maximum absolute atomic E-state index is 5.86. The van der Waals surface area contributed by atoms with Crippen LogP contribution in [0.25, 0.3) is 0 Å². The molecule has 18 heavy (non-hydrogen) atoms. The van der Waals surface area contributed by atoms with E-state index in [4.69, 9.17) is 10.5 Å². The molecule has 0 aliphatic rings. The molecule has 0 radical (unpaired) electrons. The standard InChI is InChI=1S/C12H15BrN4O/c1-2-6-17-11(15-8-16-17)7-18-12-9(13)4-3-5-10(12)14/h3-5,8H,2,6-7,14H2,1H3. The van der Waals surface area contributed by atoms with Crippen molar-refractivity contribution in [2.75, 3.05) is 5.73 Å². The number of rotatable bonds is 5. The summed E-state index contributed by atoms with van der Waals surface area (Å²) in [5.74, 6) is 1.44. The first-order valence-electron chi connectivity index (χ1n) is 5.75. The van der Waals surface area contributed by atoms with Crippen molar-refractivity contribution in [3.8, 4) is 5.75 Å². The van der Waals surface area contributed by atoms with E-state index in [1.54, 1.807) is 6.07 Å². The highest BCUT2D eigenvalue weighted by Crippen LogP contribution is 2.31. The third-order valence-electron chi connectivity index (χ3n) is 2.47. The molecule has 0 saturated heterocycles. The van der Waals surface area contributed by atoms with Crippen LogP contribution in [0.4, 0.5) is 5.69 Å². The fraction of sp³-hybridized carbons (Fsp3) is 0.333. The summed E-state index contributed by atoms with van der Waals surface area (Å²) in [5.41, 5.74) is 6.46. The van der Waals surface area contributed by atoms with Crippen molar-refractivity contribution >= 4 is 21.6 Å². The zero-order valence-corrected chi connectivity index (χ0v) is 11.7. The van der Waals surface area contributed by atoms with Gasteiger partial charge in [0, 0.05) is 6.54 Å². The number of nitrogens with two attached hydrogens (primary N) is 1. The average molecular weight is 311 g/mol. The van der Waals surface area contributed by atoms with Gasteiger partial charge in [-0.3, -0.25) is 0 Å². The predicted octanol–water partition coefficient (Wildman–Crippen LogP) is 2.61. The molecule has 5 nitrogen and oxygen atoms in total. The minimum Gasteiger partial charge on any atom is -0.482 e. The molecule has 96 valence electrons. The van der Waals surface area contributed by atoms with Crippen LogP contribution in [0.5, 0.6) is 5.75 Å². The van der Waals surface area contributed by atoms with E-state index in [0.717, 1.165) is 23.3 Å². The second kappa shape index (κ2) is 5.86. The van der Waals surface area contributed by atoms with Gasteiger partial charge in [-0.05, 0) is 34.5 Å². The molecule has 1 aromatic heterocycles. The number of ether oxygens (including phenoxy) is 1. The molecular weight excluding hydrogens is 296 g/mol. The Hall–Kier alpha value is -1.56. The first kappa shape index (κ1) is 12.9. The van der Waals surface area contributed by atoms with Crippen molar-refractivity contribution in [2.24, 2.45) is 0 Å². The Morgan fingerprint density at radius 3 is 3.00 bits per heavy atom. The third-order valence-corrected chi connectivity index (χ3v) is 3.10. The molecule has 1 aromatic carbocycles. The third kappa shape index (κ3) is 2.81. The Bertz CT molecular complexity index is 506. The lowest BCUT2D eigenvalue weighted by Gasteiger charge is -2.10. The summed E-state index contributed by atoms with van der Waals surface area (Å²) in [5, 5.41) is 4.15.